The normalized spacial score (nSPS) is 20.9. The lowest BCUT2D eigenvalue weighted by molar-refractivity contribution is 0.0789. The maximum atomic E-state index is 12.3. The molecule has 1 aromatic heterocycles. The quantitative estimate of drug-likeness (QED) is 0.869. The van der Waals surface area contributed by atoms with Crippen LogP contribution in [0, 0.1) is 5.92 Å². The number of rotatable bonds is 5. The summed E-state index contributed by atoms with van der Waals surface area (Å²) in [7, 11) is 0. The van der Waals surface area contributed by atoms with Crippen LogP contribution in [-0.4, -0.2) is 47.5 Å². The van der Waals surface area contributed by atoms with E-state index in [0.717, 1.165) is 25.3 Å². The highest BCUT2D eigenvalue weighted by Crippen LogP contribution is 2.28. The SMILES string of the molecule is O=C(NCCC1CCC1)N[C@@H]1CCN(C(=O)c2ccncc2)C1. The van der Waals surface area contributed by atoms with Crippen LogP contribution < -0.4 is 10.6 Å². The molecule has 2 heterocycles. The molecule has 6 nitrogen and oxygen atoms in total. The third-order valence-corrected chi connectivity index (χ3v) is 4.80. The van der Waals surface area contributed by atoms with Crippen molar-refractivity contribution in [1.82, 2.24) is 20.5 Å². The highest BCUT2D eigenvalue weighted by atomic mass is 16.2. The molecule has 23 heavy (non-hydrogen) atoms. The summed E-state index contributed by atoms with van der Waals surface area (Å²) in [5.41, 5.74) is 0.644. The Morgan fingerprint density at radius 2 is 2.00 bits per heavy atom. The zero-order chi connectivity index (χ0) is 16.1. The number of nitrogens with zero attached hydrogens (tertiary/aromatic N) is 2. The number of hydrogen-bond acceptors (Lipinski definition) is 3. The number of urea groups is 1. The summed E-state index contributed by atoms with van der Waals surface area (Å²) in [6.07, 6.45) is 9.05. The molecule has 0 unspecified atom stereocenters. The molecule has 1 aliphatic heterocycles. The second kappa shape index (κ2) is 7.44. The van der Waals surface area contributed by atoms with Crippen molar-refractivity contribution >= 4 is 11.9 Å². The van der Waals surface area contributed by atoms with Crippen molar-refractivity contribution in [2.45, 2.75) is 38.1 Å². The van der Waals surface area contributed by atoms with Crippen LogP contribution >= 0.6 is 0 Å². The third-order valence-electron chi connectivity index (χ3n) is 4.80. The summed E-state index contributed by atoms with van der Waals surface area (Å²) in [5, 5.41) is 5.89. The molecule has 0 aromatic carbocycles. The van der Waals surface area contributed by atoms with Crippen molar-refractivity contribution in [3.8, 4) is 0 Å². The molecule has 3 rings (SSSR count). The number of pyridine rings is 1. The highest BCUT2D eigenvalue weighted by Gasteiger charge is 2.28. The van der Waals surface area contributed by atoms with E-state index in [1.165, 1.54) is 19.3 Å². The van der Waals surface area contributed by atoms with Gasteiger partial charge in [0.15, 0.2) is 0 Å². The van der Waals surface area contributed by atoms with Crippen LogP contribution in [0.15, 0.2) is 24.5 Å². The van der Waals surface area contributed by atoms with Crippen LogP contribution in [0.25, 0.3) is 0 Å². The van der Waals surface area contributed by atoms with Gasteiger partial charge in [0.25, 0.3) is 5.91 Å². The molecule has 0 spiro atoms. The van der Waals surface area contributed by atoms with Gasteiger partial charge in [-0.15, -0.1) is 0 Å². The molecule has 2 aliphatic rings. The predicted octanol–water partition coefficient (Wildman–Crippen LogP) is 1.79. The van der Waals surface area contributed by atoms with Crippen molar-refractivity contribution in [2.75, 3.05) is 19.6 Å². The van der Waals surface area contributed by atoms with Crippen LogP contribution in [-0.2, 0) is 0 Å². The highest BCUT2D eigenvalue weighted by molar-refractivity contribution is 5.94. The van der Waals surface area contributed by atoms with E-state index in [1.54, 1.807) is 29.4 Å². The molecule has 0 bridgehead atoms. The van der Waals surface area contributed by atoms with Crippen molar-refractivity contribution < 1.29 is 9.59 Å². The van der Waals surface area contributed by atoms with Gasteiger partial charge in [-0.3, -0.25) is 9.78 Å². The zero-order valence-electron chi connectivity index (χ0n) is 13.3. The van der Waals surface area contributed by atoms with Crippen LogP contribution in [0.3, 0.4) is 0 Å². The first-order valence-corrected chi connectivity index (χ1v) is 8.46. The molecule has 1 aromatic rings. The van der Waals surface area contributed by atoms with Crippen molar-refractivity contribution in [3.63, 3.8) is 0 Å². The van der Waals surface area contributed by atoms with E-state index < -0.39 is 0 Å². The van der Waals surface area contributed by atoms with Gasteiger partial charge in [0.2, 0.25) is 0 Å². The van der Waals surface area contributed by atoms with Crippen LogP contribution in [0.1, 0.15) is 42.5 Å². The average molecular weight is 316 g/mol. The van der Waals surface area contributed by atoms with Crippen molar-refractivity contribution in [3.05, 3.63) is 30.1 Å². The van der Waals surface area contributed by atoms with E-state index in [-0.39, 0.29) is 18.0 Å². The number of nitrogens with one attached hydrogen (secondary N) is 2. The topological polar surface area (TPSA) is 74.3 Å². The Morgan fingerprint density at radius 3 is 2.70 bits per heavy atom. The van der Waals surface area contributed by atoms with E-state index >= 15 is 0 Å². The van der Waals surface area contributed by atoms with Gasteiger partial charge in [-0.25, -0.2) is 4.79 Å². The summed E-state index contributed by atoms with van der Waals surface area (Å²) < 4.78 is 0. The Hall–Kier alpha value is -2.11. The molecule has 1 atom stereocenters. The number of carbonyl (C=O) groups excluding carboxylic acids is 2. The Kier molecular flexibility index (Phi) is 5.10. The van der Waals surface area contributed by atoms with E-state index in [9.17, 15) is 9.59 Å². The molecule has 1 saturated carbocycles. The number of amides is 3. The van der Waals surface area contributed by atoms with Gasteiger partial charge in [-0.05, 0) is 30.9 Å². The minimum absolute atomic E-state index is 0.00194. The summed E-state index contributed by atoms with van der Waals surface area (Å²) in [6, 6.07) is 3.35. The minimum Gasteiger partial charge on any atom is -0.338 e. The summed E-state index contributed by atoms with van der Waals surface area (Å²) in [4.78, 5) is 29.9. The second-order valence-corrected chi connectivity index (χ2v) is 6.46. The fourth-order valence-electron chi connectivity index (χ4n) is 3.15. The van der Waals surface area contributed by atoms with Crippen LogP contribution in [0.2, 0.25) is 0 Å². The molecule has 0 radical (unpaired) electrons. The van der Waals surface area contributed by atoms with Crippen LogP contribution in [0.5, 0.6) is 0 Å². The monoisotopic (exact) mass is 316 g/mol. The van der Waals surface area contributed by atoms with Gasteiger partial charge in [0.05, 0.1) is 0 Å². The largest absolute Gasteiger partial charge is 0.338 e. The molecule has 1 aliphatic carbocycles. The van der Waals surface area contributed by atoms with E-state index in [1.807, 2.05) is 0 Å². The first-order valence-electron chi connectivity index (χ1n) is 8.46. The third kappa shape index (κ3) is 4.21. The number of aromatic nitrogens is 1. The standard InChI is InChI=1S/C17H24N4O2/c22-16(14-5-8-18-9-6-14)21-11-7-15(12-21)20-17(23)19-10-4-13-2-1-3-13/h5-6,8-9,13,15H,1-4,7,10-12H2,(H2,19,20,23)/t15-/m1/s1. The zero-order valence-corrected chi connectivity index (χ0v) is 13.3. The fraction of sp³-hybridized carbons (Fsp3) is 0.588. The summed E-state index contributed by atoms with van der Waals surface area (Å²) >= 11 is 0. The van der Waals surface area contributed by atoms with E-state index in [2.05, 4.69) is 15.6 Å². The maximum Gasteiger partial charge on any atom is 0.315 e. The second-order valence-electron chi connectivity index (χ2n) is 6.46. The lowest BCUT2D eigenvalue weighted by Gasteiger charge is -2.25. The van der Waals surface area contributed by atoms with E-state index in [0.29, 0.717) is 18.7 Å². The van der Waals surface area contributed by atoms with Gasteiger partial charge in [0.1, 0.15) is 0 Å². The summed E-state index contributed by atoms with van der Waals surface area (Å²) in [6.45, 7) is 1.98. The lowest BCUT2D eigenvalue weighted by Crippen LogP contribution is -2.44. The molecule has 3 amide bonds. The van der Waals surface area contributed by atoms with Gasteiger partial charge >= 0.3 is 6.03 Å². The van der Waals surface area contributed by atoms with Crippen LogP contribution in [0.4, 0.5) is 4.79 Å². The number of carbonyl (C=O) groups is 2. The minimum atomic E-state index is -0.118. The summed E-state index contributed by atoms with van der Waals surface area (Å²) in [5.74, 6) is 0.803. The Labute approximate surface area is 136 Å². The number of hydrogen-bond donors (Lipinski definition) is 2. The van der Waals surface area contributed by atoms with Gasteiger partial charge in [-0.1, -0.05) is 19.3 Å². The van der Waals surface area contributed by atoms with Gasteiger partial charge in [-0.2, -0.15) is 0 Å². The fourth-order valence-corrected chi connectivity index (χ4v) is 3.15. The smallest absolute Gasteiger partial charge is 0.315 e. The number of likely N-dealkylation sites (tertiary alicyclic amines) is 1. The molecule has 6 heteroatoms. The molecule has 124 valence electrons. The molecule has 2 fully saturated rings. The molecule has 1 saturated heterocycles. The van der Waals surface area contributed by atoms with Gasteiger partial charge < -0.3 is 15.5 Å². The maximum absolute atomic E-state index is 12.3. The Bertz CT molecular complexity index is 545. The van der Waals surface area contributed by atoms with E-state index in [4.69, 9.17) is 0 Å². The first kappa shape index (κ1) is 15.8. The molecular weight excluding hydrogens is 292 g/mol. The lowest BCUT2D eigenvalue weighted by atomic mass is 9.83. The Balaban J connectivity index is 1.39. The average Bonchev–Trinajstić information content (AvgIpc) is 2.98. The van der Waals surface area contributed by atoms with Crippen molar-refractivity contribution in [1.29, 1.82) is 0 Å². The molecule has 2 N–H and O–H groups in total. The first-order chi connectivity index (χ1) is 11.2. The van der Waals surface area contributed by atoms with Crippen molar-refractivity contribution in [2.24, 2.45) is 5.92 Å². The Morgan fingerprint density at radius 1 is 1.22 bits per heavy atom. The van der Waals surface area contributed by atoms with Gasteiger partial charge in [0, 0.05) is 43.6 Å². The predicted molar refractivity (Wildman–Crippen MR) is 87.0 cm³/mol. The molecular formula is C17H24N4O2.